The standard InChI is InChI=1S/C13H19NO/c1-3-5-10-15-13-8-6-12(7-9-13)11-14-4-2/h3,5-9,14H,4,10-11H2,1-2H3/b5-3+. The number of benzene rings is 1. The molecule has 0 fully saturated rings. The van der Waals surface area contributed by atoms with E-state index in [2.05, 4.69) is 24.4 Å². The van der Waals surface area contributed by atoms with Gasteiger partial charge in [-0.05, 0) is 31.2 Å². The summed E-state index contributed by atoms with van der Waals surface area (Å²) in [5.41, 5.74) is 1.29. The van der Waals surface area contributed by atoms with Crippen LogP contribution in [0, 0.1) is 0 Å². The van der Waals surface area contributed by atoms with Crippen LogP contribution in [0.25, 0.3) is 0 Å². The fraction of sp³-hybridized carbons (Fsp3) is 0.385. The molecule has 0 saturated heterocycles. The van der Waals surface area contributed by atoms with Crippen molar-refractivity contribution >= 4 is 0 Å². The fourth-order valence-corrected chi connectivity index (χ4v) is 1.21. The molecule has 1 rings (SSSR count). The number of allylic oxidation sites excluding steroid dienone is 1. The van der Waals surface area contributed by atoms with E-state index in [0.717, 1.165) is 18.8 Å². The van der Waals surface area contributed by atoms with Crippen molar-refractivity contribution in [1.29, 1.82) is 0 Å². The summed E-state index contributed by atoms with van der Waals surface area (Å²) in [6, 6.07) is 8.20. The minimum absolute atomic E-state index is 0.642. The molecule has 0 amide bonds. The Kier molecular flexibility index (Phi) is 5.56. The lowest BCUT2D eigenvalue weighted by molar-refractivity contribution is 0.362. The van der Waals surface area contributed by atoms with Crippen molar-refractivity contribution in [2.75, 3.05) is 13.2 Å². The van der Waals surface area contributed by atoms with Crippen molar-refractivity contribution in [2.24, 2.45) is 0 Å². The van der Waals surface area contributed by atoms with E-state index in [-0.39, 0.29) is 0 Å². The first-order chi connectivity index (χ1) is 7.36. The van der Waals surface area contributed by atoms with Gasteiger partial charge in [0.2, 0.25) is 0 Å². The highest BCUT2D eigenvalue weighted by molar-refractivity contribution is 5.27. The van der Waals surface area contributed by atoms with E-state index in [9.17, 15) is 0 Å². The molecule has 0 atom stereocenters. The Hall–Kier alpha value is -1.28. The van der Waals surface area contributed by atoms with Gasteiger partial charge in [-0.2, -0.15) is 0 Å². The Balaban J connectivity index is 2.41. The van der Waals surface area contributed by atoms with Crippen molar-refractivity contribution < 1.29 is 4.74 Å². The lowest BCUT2D eigenvalue weighted by atomic mass is 10.2. The highest BCUT2D eigenvalue weighted by atomic mass is 16.5. The molecule has 1 aromatic rings. The Labute approximate surface area is 92.0 Å². The van der Waals surface area contributed by atoms with Gasteiger partial charge in [0.15, 0.2) is 0 Å². The normalized spacial score (nSPS) is 10.8. The van der Waals surface area contributed by atoms with Crippen LogP contribution in [0.5, 0.6) is 5.75 Å². The third-order valence-electron chi connectivity index (χ3n) is 2.08. The van der Waals surface area contributed by atoms with Crippen LogP contribution in [0.2, 0.25) is 0 Å². The van der Waals surface area contributed by atoms with Crippen LogP contribution >= 0.6 is 0 Å². The maximum Gasteiger partial charge on any atom is 0.119 e. The predicted octanol–water partition coefficient (Wildman–Crippen LogP) is 2.75. The molecule has 15 heavy (non-hydrogen) atoms. The summed E-state index contributed by atoms with van der Waals surface area (Å²) in [5.74, 6) is 0.924. The molecule has 2 nitrogen and oxygen atoms in total. The summed E-state index contributed by atoms with van der Waals surface area (Å²) in [6.45, 7) is 6.66. The summed E-state index contributed by atoms with van der Waals surface area (Å²) in [5, 5.41) is 3.28. The largest absolute Gasteiger partial charge is 0.490 e. The topological polar surface area (TPSA) is 21.3 Å². The Morgan fingerprint density at radius 2 is 2.00 bits per heavy atom. The summed E-state index contributed by atoms with van der Waals surface area (Å²) in [6.07, 6.45) is 3.98. The molecular weight excluding hydrogens is 186 g/mol. The van der Waals surface area contributed by atoms with Gasteiger partial charge in [0, 0.05) is 6.54 Å². The first-order valence-electron chi connectivity index (χ1n) is 5.40. The van der Waals surface area contributed by atoms with Crippen LogP contribution in [-0.4, -0.2) is 13.2 Å². The summed E-state index contributed by atoms with van der Waals surface area (Å²) < 4.78 is 5.50. The van der Waals surface area contributed by atoms with E-state index in [0.29, 0.717) is 6.61 Å². The van der Waals surface area contributed by atoms with Gasteiger partial charge in [0.1, 0.15) is 12.4 Å². The number of hydrogen-bond donors (Lipinski definition) is 1. The molecule has 0 aliphatic heterocycles. The van der Waals surface area contributed by atoms with Crippen LogP contribution in [0.15, 0.2) is 36.4 Å². The van der Waals surface area contributed by atoms with Crippen LogP contribution in [-0.2, 0) is 6.54 Å². The minimum atomic E-state index is 0.642. The second-order valence-electron chi connectivity index (χ2n) is 3.30. The number of ether oxygens (including phenoxy) is 1. The van der Waals surface area contributed by atoms with Gasteiger partial charge in [-0.25, -0.2) is 0 Å². The summed E-state index contributed by atoms with van der Waals surface area (Å²) in [7, 11) is 0. The average Bonchev–Trinajstić information content (AvgIpc) is 2.28. The van der Waals surface area contributed by atoms with Crippen molar-refractivity contribution in [3.8, 4) is 5.75 Å². The van der Waals surface area contributed by atoms with E-state index in [1.54, 1.807) is 0 Å². The van der Waals surface area contributed by atoms with Gasteiger partial charge in [0.05, 0.1) is 0 Å². The maximum absolute atomic E-state index is 5.50. The molecular formula is C13H19NO. The van der Waals surface area contributed by atoms with E-state index >= 15 is 0 Å². The molecule has 0 aromatic heterocycles. The first kappa shape index (κ1) is 11.8. The predicted molar refractivity (Wildman–Crippen MR) is 64.1 cm³/mol. The summed E-state index contributed by atoms with van der Waals surface area (Å²) in [4.78, 5) is 0. The monoisotopic (exact) mass is 205 g/mol. The fourth-order valence-electron chi connectivity index (χ4n) is 1.21. The zero-order chi connectivity index (χ0) is 10.9. The number of nitrogens with one attached hydrogen (secondary N) is 1. The van der Waals surface area contributed by atoms with Crippen LogP contribution < -0.4 is 10.1 Å². The number of rotatable bonds is 6. The molecule has 82 valence electrons. The highest BCUT2D eigenvalue weighted by Crippen LogP contribution is 2.11. The molecule has 0 unspecified atom stereocenters. The van der Waals surface area contributed by atoms with Gasteiger partial charge in [-0.15, -0.1) is 0 Å². The van der Waals surface area contributed by atoms with Gasteiger partial charge >= 0.3 is 0 Å². The molecule has 0 aliphatic carbocycles. The van der Waals surface area contributed by atoms with Crippen LogP contribution in [0.1, 0.15) is 19.4 Å². The Morgan fingerprint density at radius 3 is 2.60 bits per heavy atom. The van der Waals surface area contributed by atoms with E-state index in [4.69, 9.17) is 4.74 Å². The SMILES string of the molecule is C/C=C/COc1ccc(CNCC)cc1. The molecule has 0 saturated carbocycles. The number of hydrogen-bond acceptors (Lipinski definition) is 2. The molecule has 1 aromatic carbocycles. The third-order valence-corrected chi connectivity index (χ3v) is 2.08. The molecule has 0 radical (unpaired) electrons. The van der Waals surface area contributed by atoms with E-state index < -0.39 is 0 Å². The van der Waals surface area contributed by atoms with Crippen molar-refractivity contribution in [3.05, 3.63) is 42.0 Å². The van der Waals surface area contributed by atoms with Crippen molar-refractivity contribution in [1.82, 2.24) is 5.32 Å². The molecule has 0 aliphatic rings. The molecule has 0 bridgehead atoms. The zero-order valence-electron chi connectivity index (χ0n) is 9.49. The van der Waals surface area contributed by atoms with E-state index in [1.165, 1.54) is 5.56 Å². The van der Waals surface area contributed by atoms with Gasteiger partial charge in [-0.1, -0.05) is 31.2 Å². The van der Waals surface area contributed by atoms with Gasteiger partial charge in [-0.3, -0.25) is 0 Å². The average molecular weight is 205 g/mol. The minimum Gasteiger partial charge on any atom is -0.490 e. The van der Waals surface area contributed by atoms with Crippen molar-refractivity contribution in [3.63, 3.8) is 0 Å². The molecule has 0 heterocycles. The van der Waals surface area contributed by atoms with Gasteiger partial charge < -0.3 is 10.1 Å². The van der Waals surface area contributed by atoms with Crippen LogP contribution in [0.4, 0.5) is 0 Å². The lowest BCUT2D eigenvalue weighted by Crippen LogP contribution is -2.11. The van der Waals surface area contributed by atoms with Crippen molar-refractivity contribution in [2.45, 2.75) is 20.4 Å². The molecule has 2 heteroatoms. The molecule has 0 spiro atoms. The Morgan fingerprint density at radius 1 is 1.27 bits per heavy atom. The third kappa shape index (κ3) is 4.66. The second kappa shape index (κ2) is 7.07. The molecule has 1 N–H and O–H groups in total. The quantitative estimate of drug-likeness (QED) is 0.721. The summed E-state index contributed by atoms with van der Waals surface area (Å²) >= 11 is 0. The zero-order valence-corrected chi connectivity index (χ0v) is 9.49. The highest BCUT2D eigenvalue weighted by Gasteiger charge is 1.93. The second-order valence-corrected chi connectivity index (χ2v) is 3.30. The lowest BCUT2D eigenvalue weighted by Gasteiger charge is -2.05. The maximum atomic E-state index is 5.50. The van der Waals surface area contributed by atoms with Gasteiger partial charge in [0.25, 0.3) is 0 Å². The first-order valence-corrected chi connectivity index (χ1v) is 5.40. The Bertz CT molecular complexity index is 290. The smallest absolute Gasteiger partial charge is 0.119 e. The van der Waals surface area contributed by atoms with Crippen LogP contribution in [0.3, 0.4) is 0 Å². The van der Waals surface area contributed by atoms with E-state index in [1.807, 2.05) is 31.2 Å².